The second-order valence-corrected chi connectivity index (χ2v) is 6.10. The molecule has 0 fully saturated rings. The topological polar surface area (TPSA) is 85.4 Å². The molecule has 0 aliphatic carbocycles. The lowest BCUT2D eigenvalue weighted by atomic mass is 10.3. The van der Waals surface area contributed by atoms with Crippen molar-refractivity contribution < 1.29 is 19.1 Å². The van der Waals surface area contributed by atoms with Crippen LogP contribution in [-0.2, 0) is 16.1 Å². The third-order valence-electron chi connectivity index (χ3n) is 2.75. The smallest absolute Gasteiger partial charge is 0.340 e. The van der Waals surface area contributed by atoms with Gasteiger partial charge in [0.15, 0.2) is 6.61 Å². The third-order valence-corrected chi connectivity index (χ3v) is 4.10. The second-order valence-electron chi connectivity index (χ2n) is 4.54. The van der Waals surface area contributed by atoms with Crippen LogP contribution in [0.15, 0.2) is 30.5 Å². The first-order chi connectivity index (χ1) is 11.0. The van der Waals surface area contributed by atoms with E-state index in [-0.39, 0.29) is 29.0 Å². The molecule has 1 amide bonds. The van der Waals surface area contributed by atoms with Crippen molar-refractivity contribution in [3.63, 3.8) is 0 Å². The number of hydrogen-bond acceptors (Lipinski definition) is 6. The number of aromatic nitrogens is 1. The molecule has 0 saturated carbocycles. The van der Waals surface area contributed by atoms with Crippen LogP contribution < -0.4 is 5.32 Å². The van der Waals surface area contributed by atoms with Gasteiger partial charge in [-0.2, -0.15) is 0 Å². The van der Waals surface area contributed by atoms with Gasteiger partial charge < -0.3 is 10.1 Å². The van der Waals surface area contributed by atoms with Crippen molar-refractivity contribution in [1.29, 1.82) is 0 Å². The standard InChI is InChI=1S/C15H13ClN2O4S/c1-9(19)17-7-11-3-4-13(23-11)12(20)8-22-15(21)10-2-5-14(16)18-6-10/h2-6H,7-8H2,1H3,(H,17,19). The van der Waals surface area contributed by atoms with E-state index in [4.69, 9.17) is 16.3 Å². The lowest BCUT2D eigenvalue weighted by Crippen LogP contribution is -2.18. The number of halogens is 1. The first kappa shape index (κ1) is 17.1. The normalized spacial score (nSPS) is 10.2. The van der Waals surface area contributed by atoms with Gasteiger partial charge in [-0.1, -0.05) is 11.6 Å². The molecule has 2 aromatic heterocycles. The molecule has 1 N–H and O–H groups in total. The molecule has 8 heteroatoms. The SMILES string of the molecule is CC(=O)NCc1ccc(C(=O)COC(=O)c2ccc(Cl)nc2)s1. The van der Waals surface area contributed by atoms with Gasteiger partial charge in [-0.05, 0) is 24.3 Å². The molecule has 0 atom stereocenters. The summed E-state index contributed by atoms with van der Waals surface area (Å²) in [5.74, 6) is -1.09. The molecule has 0 aliphatic heterocycles. The van der Waals surface area contributed by atoms with E-state index in [0.717, 1.165) is 4.88 Å². The monoisotopic (exact) mass is 352 g/mol. The van der Waals surface area contributed by atoms with E-state index in [2.05, 4.69) is 10.3 Å². The highest BCUT2D eigenvalue weighted by Gasteiger charge is 2.14. The molecule has 0 bridgehead atoms. The van der Waals surface area contributed by atoms with Gasteiger partial charge >= 0.3 is 5.97 Å². The van der Waals surface area contributed by atoms with E-state index >= 15 is 0 Å². The van der Waals surface area contributed by atoms with Crippen molar-refractivity contribution >= 4 is 40.6 Å². The Morgan fingerprint density at radius 2 is 2.04 bits per heavy atom. The molecule has 0 radical (unpaired) electrons. The summed E-state index contributed by atoms with van der Waals surface area (Å²) in [6.07, 6.45) is 1.28. The van der Waals surface area contributed by atoms with Crippen LogP contribution in [0.1, 0.15) is 31.8 Å². The van der Waals surface area contributed by atoms with Gasteiger partial charge in [-0.25, -0.2) is 9.78 Å². The van der Waals surface area contributed by atoms with Crippen molar-refractivity contribution in [2.24, 2.45) is 0 Å². The Morgan fingerprint density at radius 1 is 1.26 bits per heavy atom. The predicted octanol–water partition coefficient (Wildman–Crippen LogP) is 2.47. The average Bonchev–Trinajstić information content (AvgIpc) is 3.00. The van der Waals surface area contributed by atoms with E-state index in [1.807, 2.05) is 0 Å². The number of Topliss-reactive ketones (excluding diaryl/α,β-unsaturated/α-hetero) is 1. The highest BCUT2D eigenvalue weighted by Crippen LogP contribution is 2.17. The summed E-state index contributed by atoms with van der Waals surface area (Å²) in [7, 11) is 0. The number of nitrogens with one attached hydrogen (secondary N) is 1. The van der Waals surface area contributed by atoms with Gasteiger partial charge in [0.25, 0.3) is 0 Å². The Balaban J connectivity index is 1.88. The minimum absolute atomic E-state index is 0.142. The zero-order chi connectivity index (χ0) is 16.8. The van der Waals surface area contributed by atoms with Crippen molar-refractivity contribution in [1.82, 2.24) is 10.3 Å². The maximum Gasteiger partial charge on any atom is 0.340 e. The maximum absolute atomic E-state index is 12.0. The number of carbonyl (C=O) groups is 3. The molecule has 0 aromatic carbocycles. The number of carbonyl (C=O) groups excluding carboxylic acids is 3. The summed E-state index contributed by atoms with van der Waals surface area (Å²) in [4.78, 5) is 39.7. The number of ketones is 1. The summed E-state index contributed by atoms with van der Waals surface area (Å²) in [5.41, 5.74) is 0.222. The molecule has 2 aromatic rings. The molecule has 23 heavy (non-hydrogen) atoms. The predicted molar refractivity (Wildman–Crippen MR) is 85.7 cm³/mol. The van der Waals surface area contributed by atoms with Gasteiger partial charge in [-0.3, -0.25) is 9.59 Å². The van der Waals surface area contributed by atoms with Crippen LogP contribution in [0, 0.1) is 0 Å². The summed E-state index contributed by atoms with van der Waals surface area (Å²) in [6, 6.07) is 6.33. The number of rotatable bonds is 6. The van der Waals surface area contributed by atoms with Gasteiger partial charge in [0.2, 0.25) is 11.7 Å². The van der Waals surface area contributed by atoms with Crippen molar-refractivity contribution in [3.8, 4) is 0 Å². The minimum Gasteiger partial charge on any atom is -0.454 e. The number of pyridine rings is 1. The Morgan fingerprint density at radius 3 is 2.70 bits per heavy atom. The molecular formula is C15H13ClN2O4S. The first-order valence-electron chi connectivity index (χ1n) is 6.60. The van der Waals surface area contributed by atoms with Gasteiger partial charge in [0, 0.05) is 18.0 Å². The lowest BCUT2D eigenvalue weighted by molar-refractivity contribution is -0.119. The first-order valence-corrected chi connectivity index (χ1v) is 7.80. The summed E-state index contributed by atoms with van der Waals surface area (Å²) in [5, 5.41) is 2.91. The zero-order valence-electron chi connectivity index (χ0n) is 12.2. The van der Waals surface area contributed by atoms with E-state index in [0.29, 0.717) is 11.4 Å². The zero-order valence-corrected chi connectivity index (χ0v) is 13.7. The van der Waals surface area contributed by atoms with Gasteiger partial charge in [-0.15, -0.1) is 11.3 Å². The van der Waals surface area contributed by atoms with Crippen LogP contribution in [0.25, 0.3) is 0 Å². The van der Waals surface area contributed by atoms with Crippen LogP contribution in [0.4, 0.5) is 0 Å². The number of thiophene rings is 1. The minimum atomic E-state index is -0.641. The quantitative estimate of drug-likeness (QED) is 0.490. The highest BCUT2D eigenvalue weighted by molar-refractivity contribution is 7.14. The van der Waals surface area contributed by atoms with Crippen LogP contribution in [0.5, 0.6) is 0 Å². The number of amides is 1. The molecule has 6 nitrogen and oxygen atoms in total. The Kier molecular flexibility index (Phi) is 5.84. The molecule has 2 heterocycles. The van der Waals surface area contributed by atoms with Crippen molar-refractivity contribution in [2.75, 3.05) is 6.61 Å². The van der Waals surface area contributed by atoms with Crippen LogP contribution in [0.3, 0.4) is 0 Å². The number of nitrogens with zero attached hydrogens (tertiary/aromatic N) is 1. The Hall–Kier alpha value is -2.25. The van der Waals surface area contributed by atoms with Gasteiger partial charge in [0.1, 0.15) is 5.15 Å². The van der Waals surface area contributed by atoms with Crippen molar-refractivity contribution in [2.45, 2.75) is 13.5 Å². The Bertz CT molecular complexity index is 727. The van der Waals surface area contributed by atoms with Crippen LogP contribution >= 0.6 is 22.9 Å². The molecule has 0 spiro atoms. The molecular weight excluding hydrogens is 340 g/mol. The summed E-state index contributed by atoms with van der Waals surface area (Å²) < 4.78 is 4.96. The largest absolute Gasteiger partial charge is 0.454 e. The van der Waals surface area contributed by atoms with E-state index < -0.39 is 5.97 Å². The molecule has 120 valence electrons. The molecule has 2 rings (SSSR count). The fourth-order valence-corrected chi connectivity index (χ4v) is 2.60. The fourth-order valence-electron chi connectivity index (χ4n) is 1.62. The van der Waals surface area contributed by atoms with Crippen molar-refractivity contribution in [3.05, 3.63) is 50.9 Å². The number of hydrogen-bond donors (Lipinski definition) is 1. The van der Waals surface area contributed by atoms with E-state index in [9.17, 15) is 14.4 Å². The third kappa shape index (κ3) is 5.15. The van der Waals surface area contributed by atoms with Crippen LogP contribution in [0.2, 0.25) is 5.15 Å². The number of esters is 1. The average molecular weight is 353 g/mol. The Labute approximate surface area is 141 Å². The second kappa shape index (κ2) is 7.85. The molecule has 0 unspecified atom stereocenters. The summed E-state index contributed by atoms with van der Waals surface area (Å²) in [6.45, 7) is 1.43. The van der Waals surface area contributed by atoms with Crippen LogP contribution in [-0.4, -0.2) is 29.3 Å². The highest BCUT2D eigenvalue weighted by atomic mass is 35.5. The maximum atomic E-state index is 12.0. The molecule has 0 aliphatic rings. The number of ether oxygens (including phenoxy) is 1. The fraction of sp³-hybridized carbons (Fsp3) is 0.200. The van der Waals surface area contributed by atoms with E-state index in [1.165, 1.54) is 36.6 Å². The lowest BCUT2D eigenvalue weighted by Gasteiger charge is -2.03. The van der Waals surface area contributed by atoms with Gasteiger partial charge in [0.05, 0.1) is 17.0 Å². The summed E-state index contributed by atoms with van der Waals surface area (Å²) >= 11 is 6.88. The van der Waals surface area contributed by atoms with E-state index in [1.54, 1.807) is 12.1 Å². The molecule has 0 saturated heterocycles.